The van der Waals surface area contributed by atoms with Crippen LogP contribution in [0.5, 0.6) is 0 Å². The van der Waals surface area contributed by atoms with Crippen molar-refractivity contribution in [2.75, 3.05) is 39.5 Å². The van der Waals surface area contributed by atoms with Gasteiger partial charge in [-0.25, -0.2) is 0 Å². The van der Waals surface area contributed by atoms with E-state index in [9.17, 15) is 0 Å². The van der Waals surface area contributed by atoms with Crippen LogP contribution in [0.4, 0.5) is 0 Å². The highest BCUT2D eigenvalue weighted by molar-refractivity contribution is 4.83. The minimum atomic E-state index is 0.290. The zero-order valence-electron chi connectivity index (χ0n) is 7.41. The van der Waals surface area contributed by atoms with Gasteiger partial charge in [0.25, 0.3) is 0 Å². The van der Waals surface area contributed by atoms with Gasteiger partial charge in [-0.3, -0.25) is 0 Å². The van der Waals surface area contributed by atoms with Gasteiger partial charge in [0, 0.05) is 25.6 Å². The molecule has 0 aromatic heterocycles. The third kappa shape index (κ3) is 1.63. The van der Waals surface area contributed by atoms with Gasteiger partial charge in [-0.2, -0.15) is 0 Å². The number of aliphatic hydroxyl groups is 1. The molecule has 2 heterocycles. The molecule has 70 valence electrons. The van der Waals surface area contributed by atoms with E-state index in [1.807, 2.05) is 0 Å². The summed E-state index contributed by atoms with van der Waals surface area (Å²) in [4.78, 5) is 2.34. The van der Waals surface area contributed by atoms with Gasteiger partial charge in [0.15, 0.2) is 0 Å². The highest BCUT2D eigenvalue weighted by atomic mass is 16.5. The van der Waals surface area contributed by atoms with Crippen LogP contribution in [-0.4, -0.2) is 49.5 Å². The molecule has 0 bridgehead atoms. The predicted octanol–water partition coefficient (Wildman–Crippen LogP) is -0.0530. The molecule has 0 unspecified atom stereocenters. The SMILES string of the molecule is OCCN1CC[C@@H]2COC[C@@H]2C1. The van der Waals surface area contributed by atoms with Crippen molar-refractivity contribution in [2.45, 2.75) is 6.42 Å². The Morgan fingerprint density at radius 1 is 1.33 bits per heavy atom. The van der Waals surface area contributed by atoms with Gasteiger partial charge >= 0.3 is 0 Å². The molecule has 1 N–H and O–H groups in total. The third-order valence-electron chi connectivity index (χ3n) is 3.06. The summed E-state index contributed by atoms with van der Waals surface area (Å²) in [6.07, 6.45) is 1.25. The molecule has 0 aromatic carbocycles. The maximum Gasteiger partial charge on any atom is 0.0558 e. The van der Waals surface area contributed by atoms with Crippen LogP contribution >= 0.6 is 0 Å². The molecule has 0 radical (unpaired) electrons. The number of hydrogen-bond donors (Lipinski definition) is 1. The van der Waals surface area contributed by atoms with Crippen molar-refractivity contribution >= 4 is 0 Å². The molecule has 2 fully saturated rings. The second-order valence-corrected chi connectivity index (χ2v) is 3.87. The molecule has 2 aliphatic rings. The standard InChI is InChI=1S/C9H17NO2/c11-4-3-10-2-1-8-6-12-7-9(8)5-10/h8-9,11H,1-7H2/t8-,9+/m1/s1. The largest absolute Gasteiger partial charge is 0.395 e. The first-order valence-electron chi connectivity index (χ1n) is 4.81. The highest BCUT2D eigenvalue weighted by Crippen LogP contribution is 2.28. The summed E-state index contributed by atoms with van der Waals surface area (Å²) in [6, 6.07) is 0. The Morgan fingerprint density at radius 3 is 3.00 bits per heavy atom. The van der Waals surface area contributed by atoms with Gasteiger partial charge in [-0.1, -0.05) is 0 Å². The quantitative estimate of drug-likeness (QED) is 0.632. The Bertz CT molecular complexity index is 151. The van der Waals surface area contributed by atoms with Crippen molar-refractivity contribution in [1.82, 2.24) is 4.90 Å². The summed E-state index contributed by atoms with van der Waals surface area (Å²) >= 11 is 0. The minimum Gasteiger partial charge on any atom is -0.395 e. The Morgan fingerprint density at radius 2 is 2.17 bits per heavy atom. The summed E-state index contributed by atoms with van der Waals surface area (Å²) in [5, 5.41) is 8.79. The molecule has 12 heavy (non-hydrogen) atoms. The molecule has 0 amide bonds. The van der Waals surface area contributed by atoms with Gasteiger partial charge in [0.05, 0.1) is 13.2 Å². The van der Waals surface area contributed by atoms with Gasteiger partial charge in [-0.05, 0) is 18.9 Å². The first-order valence-corrected chi connectivity index (χ1v) is 4.81. The molecule has 3 heteroatoms. The molecule has 2 rings (SSSR count). The average Bonchev–Trinajstić information content (AvgIpc) is 2.51. The minimum absolute atomic E-state index is 0.290. The number of β-amino-alcohol motifs (C(OH)–C–C–N with tert-alkyl or cyclic N) is 1. The van der Waals surface area contributed by atoms with Crippen molar-refractivity contribution in [1.29, 1.82) is 0 Å². The molecule has 3 nitrogen and oxygen atoms in total. The summed E-state index contributed by atoms with van der Waals surface area (Å²) in [5.74, 6) is 1.55. The van der Waals surface area contributed by atoms with E-state index >= 15 is 0 Å². The number of aliphatic hydroxyl groups excluding tert-OH is 1. The van der Waals surface area contributed by atoms with E-state index in [2.05, 4.69) is 4.90 Å². The van der Waals surface area contributed by atoms with E-state index in [0.29, 0.717) is 0 Å². The second kappa shape index (κ2) is 3.73. The molecule has 0 aliphatic carbocycles. The summed E-state index contributed by atoms with van der Waals surface area (Å²) < 4.78 is 5.43. The molecule has 0 aromatic rings. The average molecular weight is 171 g/mol. The van der Waals surface area contributed by atoms with Gasteiger partial charge in [0.1, 0.15) is 0 Å². The van der Waals surface area contributed by atoms with Gasteiger partial charge in [-0.15, -0.1) is 0 Å². The fourth-order valence-corrected chi connectivity index (χ4v) is 2.28. The molecule has 0 spiro atoms. The fraction of sp³-hybridized carbons (Fsp3) is 1.00. The summed E-state index contributed by atoms with van der Waals surface area (Å²) in [7, 11) is 0. The number of rotatable bonds is 2. The highest BCUT2D eigenvalue weighted by Gasteiger charge is 2.33. The Labute approximate surface area is 73.3 Å². The van der Waals surface area contributed by atoms with E-state index < -0.39 is 0 Å². The van der Waals surface area contributed by atoms with E-state index in [4.69, 9.17) is 9.84 Å². The number of hydrogen-bond acceptors (Lipinski definition) is 3. The first-order chi connectivity index (χ1) is 5.90. The lowest BCUT2D eigenvalue weighted by Gasteiger charge is -2.33. The van der Waals surface area contributed by atoms with Crippen molar-refractivity contribution in [3.63, 3.8) is 0 Å². The molecule has 2 atom stereocenters. The Kier molecular flexibility index (Phi) is 2.63. The fourth-order valence-electron chi connectivity index (χ4n) is 2.28. The van der Waals surface area contributed by atoms with Crippen LogP contribution in [0, 0.1) is 11.8 Å². The molecule has 2 saturated heterocycles. The Hall–Kier alpha value is -0.120. The number of nitrogens with zero attached hydrogens (tertiary/aromatic N) is 1. The lowest BCUT2D eigenvalue weighted by atomic mass is 9.89. The number of piperidine rings is 1. The van der Waals surface area contributed by atoms with Crippen LogP contribution in [0.25, 0.3) is 0 Å². The summed E-state index contributed by atoms with van der Waals surface area (Å²) in [5.41, 5.74) is 0. The zero-order valence-corrected chi connectivity index (χ0v) is 7.41. The number of likely N-dealkylation sites (tertiary alicyclic amines) is 1. The first kappa shape index (κ1) is 8.48. The smallest absolute Gasteiger partial charge is 0.0558 e. The number of fused-ring (bicyclic) bond motifs is 1. The van der Waals surface area contributed by atoms with Crippen LogP contribution in [-0.2, 0) is 4.74 Å². The summed E-state index contributed by atoms with van der Waals surface area (Å²) in [6.45, 7) is 5.31. The van der Waals surface area contributed by atoms with Crippen molar-refractivity contribution < 1.29 is 9.84 Å². The zero-order chi connectivity index (χ0) is 8.39. The maximum absolute atomic E-state index is 8.79. The van der Waals surface area contributed by atoms with Crippen LogP contribution in [0.2, 0.25) is 0 Å². The van der Waals surface area contributed by atoms with Crippen molar-refractivity contribution in [2.24, 2.45) is 11.8 Å². The lowest BCUT2D eigenvalue weighted by molar-refractivity contribution is 0.121. The van der Waals surface area contributed by atoms with E-state index in [-0.39, 0.29) is 6.61 Å². The molecular weight excluding hydrogens is 154 g/mol. The third-order valence-corrected chi connectivity index (χ3v) is 3.06. The van der Waals surface area contributed by atoms with Gasteiger partial charge in [0.2, 0.25) is 0 Å². The number of ether oxygens (including phenoxy) is 1. The second-order valence-electron chi connectivity index (χ2n) is 3.87. The van der Waals surface area contributed by atoms with Crippen molar-refractivity contribution in [3.8, 4) is 0 Å². The Balaban J connectivity index is 1.84. The normalized spacial score (nSPS) is 36.8. The van der Waals surface area contributed by atoms with E-state index in [0.717, 1.165) is 44.7 Å². The molecule has 2 aliphatic heterocycles. The van der Waals surface area contributed by atoms with Crippen LogP contribution in [0.1, 0.15) is 6.42 Å². The molecule has 0 saturated carbocycles. The van der Waals surface area contributed by atoms with E-state index in [1.165, 1.54) is 6.42 Å². The predicted molar refractivity (Wildman–Crippen MR) is 45.9 cm³/mol. The van der Waals surface area contributed by atoms with Crippen LogP contribution < -0.4 is 0 Å². The van der Waals surface area contributed by atoms with Crippen LogP contribution in [0.3, 0.4) is 0 Å². The molecular formula is C9H17NO2. The lowest BCUT2D eigenvalue weighted by Crippen LogP contribution is -2.41. The van der Waals surface area contributed by atoms with E-state index in [1.54, 1.807) is 0 Å². The van der Waals surface area contributed by atoms with Crippen molar-refractivity contribution in [3.05, 3.63) is 0 Å². The van der Waals surface area contributed by atoms with Gasteiger partial charge < -0.3 is 14.7 Å². The monoisotopic (exact) mass is 171 g/mol. The maximum atomic E-state index is 8.79. The van der Waals surface area contributed by atoms with Crippen LogP contribution in [0.15, 0.2) is 0 Å². The topological polar surface area (TPSA) is 32.7 Å².